The molecule has 1 radical (unpaired) electrons. The standard InChI is InChI=1S/C17H18NO2/c19-11-10-14-6-8-16(9-7-14)13-18-17(20)12-15-4-2-1-3-5-15/h1-9H,10-13H2,(H,18,20). The van der Waals surface area contributed by atoms with Crippen LogP contribution >= 0.6 is 0 Å². The lowest BCUT2D eigenvalue weighted by atomic mass is 10.1. The molecule has 0 aliphatic carbocycles. The predicted octanol–water partition coefficient (Wildman–Crippen LogP) is 2.52. The quantitative estimate of drug-likeness (QED) is 0.860. The SMILES string of the molecule is [O]CCc1ccc(CNC(=O)Cc2ccccc2)cc1. The summed E-state index contributed by atoms with van der Waals surface area (Å²) in [5, 5.41) is 13.4. The van der Waals surface area contributed by atoms with Gasteiger partial charge in [-0.15, -0.1) is 0 Å². The highest BCUT2D eigenvalue weighted by Gasteiger charge is 2.03. The minimum atomic E-state index is -0.0901. The van der Waals surface area contributed by atoms with Crippen molar-refractivity contribution in [1.29, 1.82) is 0 Å². The fourth-order valence-electron chi connectivity index (χ4n) is 1.99. The lowest BCUT2D eigenvalue weighted by Gasteiger charge is -2.06. The smallest absolute Gasteiger partial charge is 0.224 e. The summed E-state index contributed by atoms with van der Waals surface area (Å²) in [6, 6.07) is 17.5. The van der Waals surface area contributed by atoms with Crippen LogP contribution in [0.3, 0.4) is 0 Å². The number of carbonyl (C=O) groups excluding carboxylic acids is 1. The van der Waals surface area contributed by atoms with E-state index < -0.39 is 0 Å². The second kappa shape index (κ2) is 7.46. The molecule has 3 nitrogen and oxygen atoms in total. The lowest BCUT2D eigenvalue weighted by Crippen LogP contribution is -2.24. The monoisotopic (exact) mass is 268 g/mol. The Labute approximate surface area is 119 Å². The summed E-state index contributed by atoms with van der Waals surface area (Å²) in [7, 11) is 0. The predicted molar refractivity (Wildman–Crippen MR) is 77.7 cm³/mol. The van der Waals surface area contributed by atoms with E-state index in [1.54, 1.807) is 0 Å². The Morgan fingerprint density at radius 3 is 2.15 bits per heavy atom. The first-order chi connectivity index (χ1) is 9.78. The fourth-order valence-corrected chi connectivity index (χ4v) is 1.99. The number of hydrogen-bond donors (Lipinski definition) is 1. The van der Waals surface area contributed by atoms with Crippen molar-refractivity contribution in [3.05, 3.63) is 71.3 Å². The molecular weight excluding hydrogens is 250 g/mol. The van der Waals surface area contributed by atoms with E-state index in [0.717, 1.165) is 16.7 Å². The summed E-state index contributed by atoms with van der Waals surface area (Å²) in [5.74, 6) is 0.0137. The Morgan fingerprint density at radius 1 is 0.850 bits per heavy atom. The van der Waals surface area contributed by atoms with Gasteiger partial charge in [0.25, 0.3) is 0 Å². The molecule has 1 amide bonds. The zero-order valence-electron chi connectivity index (χ0n) is 11.3. The van der Waals surface area contributed by atoms with E-state index in [0.29, 0.717) is 19.4 Å². The second-order valence-corrected chi connectivity index (χ2v) is 4.71. The molecule has 0 atom stereocenters. The van der Waals surface area contributed by atoms with E-state index in [4.69, 9.17) is 0 Å². The molecule has 2 aromatic rings. The van der Waals surface area contributed by atoms with Crippen LogP contribution in [0, 0.1) is 0 Å². The third kappa shape index (κ3) is 4.52. The largest absolute Gasteiger partial charge is 0.352 e. The van der Waals surface area contributed by atoms with E-state index in [1.165, 1.54) is 0 Å². The van der Waals surface area contributed by atoms with Gasteiger partial charge in [0.2, 0.25) is 5.91 Å². The van der Waals surface area contributed by atoms with Crippen molar-refractivity contribution in [3.8, 4) is 0 Å². The number of rotatable bonds is 6. The average Bonchev–Trinajstić information content (AvgIpc) is 2.48. The van der Waals surface area contributed by atoms with Gasteiger partial charge in [0.05, 0.1) is 13.0 Å². The molecule has 0 heterocycles. The average molecular weight is 268 g/mol. The topological polar surface area (TPSA) is 49.0 Å². The summed E-state index contributed by atoms with van der Waals surface area (Å²) in [4.78, 5) is 11.8. The maximum atomic E-state index is 11.8. The molecule has 1 N–H and O–H groups in total. The van der Waals surface area contributed by atoms with Gasteiger partial charge in [-0.1, -0.05) is 54.6 Å². The van der Waals surface area contributed by atoms with E-state index in [9.17, 15) is 9.90 Å². The molecular formula is C17H18NO2. The Morgan fingerprint density at radius 2 is 1.50 bits per heavy atom. The Balaban J connectivity index is 1.81. The van der Waals surface area contributed by atoms with Crippen molar-refractivity contribution in [1.82, 2.24) is 5.32 Å². The molecule has 0 aromatic heterocycles. The van der Waals surface area contributed by atoms with Crippen LogP contribution in [-0.2, 0) is 29.3 Å². The molecule has 0 saturated carbocycles. The molecule has 0 aliphatic heterocycles. The Kier molecular flexibility index (Phi) is 5.33. The van der Waals surface area contributed by atoms with Gasteiger partial charge in [0.15, 0.2) is 0 Å². The first kappa shape index (κ1) is 14.3. The molecule has 2 rings (SSSR count). The van der Waals surface area contributed by atoms with Crippen molar-refractivity contribution in [2.75, 3.05) is 6.61 Å². The van der Waals surface area contributed by atoms with Gasteiger partial charge >= 0.3 is 0 Å². The molecule has 0 saturated heterocycles. The zero-order chi connectivity index (χ0) is 14.2. The molecule has 3 heteroatoms. The van der Waals surface area contributed by atoms with Gasteiger partial charge < -0.3 is 5.32 Å². The van der Waals surface area contributed by atoms with E-state index in [1.807, 2.05) is 54.6 Å². The van der Waals surface area contributed by atoms with Crippen LogP contribution in [-0.4, -0.2) is 12.5 Å². The van der Waals surface area contributed by atoms with Crippen molar-refractivity contribution in [3.63, 3.8) is 0 Å². The Bertz CT molecular complexity index is 535. The van der Waals surface area contributed by atoms with Gasteiger partial charge in [-0.05, 0) is 23.1 Å². The maximum absolute atomic E-state index is 11.8. The van der Waals surface area contributed by atoms with Crippen LogP contribution in [0.1, 0.15) is 16.7 Å². The van der Waals surface area contributed by atoms with Gasteiger partial charge in [0, 0.05) is 6.54 Å². The first-order valence-corrected chi connectivity index (χ1v) is 6.74. The van der Waals surface area contributed by atoms with E-state index >= 15 is 0 Å². The molecule has 2 aromatic carbocycles. The number of amides is 1. The summed E-state index contributed by atoms with van der Waals surface area (Å²) < 4.78 is 0. The van der Waals surface area contributed by atoms with Crippen LogP contribution in [0.25, 0.3) is 0 Å². The second-order valence-electron chi connectivity index (χ2n) is 4.71. The summed E-state index contributed by atoms with van der Waals surface area (Å²) in [6.07, 6.45) is 0.954. The molecule has 20 heavy (non-hydrogen) atoms. The lowest BCUT2D eigenvalue weighted by molar-refractivity contribution is -0.120. The molecule has 0 aliphatic rings. The highest BCUT2D eigenvalue weighted by atomic mass is 16.2. The van der Waals surface area contributed by atoms with E-state index in [2.05, 4.69) is 5.32 Å². The Hall–Kier alpha value is -2.13. The maximum Gasteiger partial charge on any atom is 0.224 e. The van der Waals surface area contributed by atoms with Crippen LogP contribution in [0.5, 0.6) is 0 Å². The highest BCUT2D eigenvalue weighted by molar-refractivity contribution is 5.78. The number of benzene rings is 2. The summed E-state index contributed by atoms with van der Waals surface area (Å²) in [6.45, 7) is 0.427. The van der Waals surface area contributed by atoms with Gasteiger partial charge in [0.1, 0.15) is 0 Å². The molecule has 0 fully saturated rings. The normalized spacial score (nSPS) is 10.2. The zero-order valence-corrected chi connectivity index (χ0v) is 11.3. The number of nitrogens with one attached hydrogen (secondary N) is 1. The van der Waals surface area contributed by atoms with Gasteiger partial charge in [-0.25, -0.2) is 5.11 Å². The molecule has 0 bridgehead atoms. The van der Waals surface area contributed by atoms with Crippen LogP contribution < -0.4 is 5.32 Å². The minimum Gasteiger partial charge on any atom is -0.352 e. The third-order valence-electron chi connectivity index (χ3n) is 3.11. The van der Waals surface area contributed by atoms with E-state index in [-0.39, 0.29) is 12.5 Å². The fraction of sp³-hybridized carbons (Fsp3) is 0.235. The number of carbonyl (C=O) groups is 1. The van der Waals surface area contributed by atoms with Crippen molar-refractivity contribution in [2.24, 2.45) is 0 Å². The van der Waals surface area contributed by atoms with Crippen LogP contribution in [0.4, 0.5) is 0 Å². The summed E-state index contributed by atoms with van der Waals surface area (Å²) in [5.41, 5.74) is 3.09. The third-order valence-corrected chi connectivity index (χ3v) is 3.11. The van der Waals surface area contributed by atoms with Gasteiger partial charge in [-0.3, -0.25) is 4.79 Å². The molecule has 103 valence electrons. The van der Waals surface area contributed by atoms with Crippen molar-refractivity contribution < 1.29 is 9.90 Å². The molecule has 0 unspecified atom stereocenters. The van der Waals surface area contributed by atoms with Crippen molar-refractivity contribution in [2.45, 2.75) is 19.4 Å². The minimum absolute atomic E-state index is 0.0137. The summed E-state index contributed by atoms with van der Waals surface area (Å²) >= 11 is 0. The first-order valence-electron chi connectivity index (χ1n) is 6.74. The van der Waals surface area contributed by atoms with Crippen LogP contribution in [0.15, 0.2) is 54.6 Å². The van der Waals surface area contributed by atoms with Crippen LogP contribution in [0.2, 0.25) is 0 Å². The van der Waals surface area contributed by atoms with Gasteiger partial charge in [-0.2, -0.15) is 0 Å². The number of hydrogen-bond acceptors (Lipinski definition) is 1. The van der Waals surface area contributed by atoms with Crippen molar-refractivity contribution >= 4 is 5.91 Å². The molecule has 0 spiro atoms. The highest BCUT2D eigenvalue weighted by Crippen LogP contribution is 2.05.